The molecule has 0 fully saturated rings. The maximum Gasteiger partial charge on any atom is 0.301 e. The van der Waals surface area contributed by atoms with Crippen molar-refractivity contribution in [2.45, 2.75) is 13.8 Å². The minimum absolute atomic E-state index is 0.451. The summed E-state index contributed by atoms with van der Waals surface area (Å²) in [6.07, 6.45) is 0. The van der Waals surface area contributed by atoms with Crippen molar-refractivity contribution in [2.75, 3.05) is 17.8 Å². The lowest BCUT2D eigenvalue weighted by atomic mass is 10.1. The lowest BCUT2D eigenvalue weighted by molar-refractivity contribution is 0.449. The Morgan fingerprint density at radius 1 is 1.05 bits per heavy atom. The summed E-state index contributed by atoms with van der Waals surface area (Å²) in [5.41, 5.74) is 0.576. The van der Waals surface area contributed by atoms with E-state index in [1.807, 2.05) is 44.2 Å². The van der Waals surface area contributed by atoms with Gasteiger partial charge in [-0.1, -0.05) is 41.9 Å². The number of halogens is 1. The molecular formula is C14H17BrN2O2S. The first-order valence-electron chi connectivity index (χ1n) is 6.43. The van der Waals surface area contributed by atoms with E-state index in [2.05, 4.69) is 20.7 Å². The zero-order valence-electron chi connectivity index (χ0n) is 11.4. The van der Waals surface area contributed by atoms with E-state index in [-0.39, 0.29) is 0 Å². The van der Waals surface area contributed by atoms with E-state index in [0.717, 1.165) is 15.2 Å². The van der Waals surface area contributed by atoms with Crippen molar-refractivity contribution in [2.24, 2.45) is 0 Å². The lowest BCUT2D eigenvalue weighted by Crippen LogP contribution is -2.35. The Labute approximate surface area is 128 Å². The summed E-state index contributed by atoms with van der Waals surface area (Å²) >= 11 is 3.42. The van der Waals surface area contributed by atoms with Gasteiger partial charge in [-0.05, 0) is 35.0 Å². The average molecular weight is 357 g/mol. The van der Waals surface area contributed by atoms with E-state index in [4.69, 9.17) is 0 Å². The van der Waals surface area contributed by atoms with Gasteiger partial charge in [0.05, 0.1) is 5.69 Å². The second-order valence-corrected chi connectivity index (χ2v) is 6.98. The number of anilines is 1. The summed E-state index contributed by atoms with van der Waals surface area (Å²) in [6, 6.07) is 11.4. The van der Waals surface area contributed by atoms with Crippen LogP contribution in [0, 0.1) is 0 Å². The molecule has 0 saturated heterocycles. The smallest absolute Gasteiger partial charge is 0.271 e. The highest BCUT2D eigenvalue weighted by molar-refractivity contribution is 9.10. The molecule has 0 spiro atoms. The summed E-state index contributed by atoms with van der Waals surface area (Å²) in [5.74, 6) is 0. The molecule has 0 aliphatic carbocycles. The third-order valence-electron chi connectivity index (χ3n) is 3.09. The standard InChI is InChI=1S/C14H17BrN2O2S/c1-3-17(4-2)20(18,19)16-14-8-6-11-9-13(15)7-5-12(11)10-14/h5-10,16H,3-4H2,1-2H3. The lowest BCUT2D eigenvalue weighted by Gasteiger charge is -2.19. The number of fused-ring (bicyclic) bond motifs is 1. The molecule has 4 nitrogen and oxygen atoms in total. The van der Waals surface area contributed by atoms with Crippen LogP contribution in [0.4, 0.5) is 5.69 Å². The molecule has 2 aromatic rings. The number of hydrogen-bond donors (Lipinski definition) is 1. The van der Waals surface area contributed by atoms with E-state index in [9.17, 15) is 8.42 Å². The SMILES string of the molecule is CCN(CC)S(=O)(=O)Nc1ccc2cc(Br)ccc2c1. The third kappa shape index (κ3) is 3.31. The van der Waals surface area contributed by atoms with Gasteiger partial charge in [0.25, 0.3) is 0 Å². The van der Waals surface area contributed by atoms with Crippen molar-refractivity contribution in [1.82, 2.24) is 4.31 Å². The van der Waals surface area contributed by atoms with Gasteiger partial charge in [-0.3, -0.25) is 4.72 Å². The zero-order chi connectivity index (χ0) is 14.8. The van der Waals surface area contributed by atoms with Crippen molar-refractivity contribution in [1.29, 1.82) is 0 Å². The molecule has 0 amide bonds. The van der Waals surface area contributed by atoms with Crippen LogP contribution in [0.15, 0.2) is 40.9 Å². The first kappa shape index (κ1) is 15.3. The molecule has 0 saturated carbocycles. The van der Waals surface area contributed by atoms with E-state index in [1.54, 1.807) is 6.07 Å². The predicted octanol–water partition coefficient (Wildman–Crippen LogP) is 3.60. The van der Waals surface area contributed by atoms with Crippen molar-refractivity contribution in [3.05, 3.63) is 40.9 Å². The fraction of sp³-hybridized carbons (Fsp3) is 0.286. The number of benzene rings is 2. The van der Waals surface area contributed by atoms with Crippen LogP contribution in [0.2, 0.25) is 0 Å². The van der Waals surface area contributed by atoms with Gasteiger partial charge in [-0.15, -0.1) is 0 Å². The second-order valence-electron chi connectivity index (χ2n) is 4.40. The number of nitrogens with zero attached hydrogens (tertiary/aromatic N) is 1. The fourth-order valence-electron chi connectivity index (χ4n) is 2.06. The Morgan fingerprint density at radius 2 is 1.65 bits per heavy atom. The van der Waals surface area contributed by atoms with Crippen molar-refractivity contribution >= 4 is 42.6 Å². The van der Waals surface area contributed by atoms with Crippen LogP contribution < -0.4 is 4.72 Å². The molecule has 0 bridgehead atoms. The monoisotopic (exact) mass is 356 g/mol. The van der Waals surface area contributed by atoms with Crippen LogP contribution in [0.3, 0.4) is 0 Å². The topological polar surface area (TPSA) is 49.4 Å². The van der Waals surface area contributed by atoms with Gasteiger partial charge in [0.1, 0.15) is 0 Å². The number of rotatable bonds is 5. The van der Waals surface area contributed by atoms with Crippen LogP contribution >= 0.6 is 15.9 Å². The third-order valence-corrected chi connectivity index (χ3v) is 5.28. The molecule has 0 aromatic heterocycles. The Balaban J connectivity index is 2.32. The van der Waals surface area contributed by atoms with Gasteiger partial charge in [0, 0.05) is 17.6 Å². The molecule has 6 heteroatoms. The summed E-state index contributed by atoms with van der Waals surface area (Å²) in [6.45, 7) is 4.54. The average Bonchev–Trinajstić information content (AvgIpc) is 2.39. The molecule has 20 heavy (non-hydrogen) atoms. The first-order chi connectivity index (χ1) is 9.46. The zero-order valence-corrected chi connectivity index (χ0v) is 13.8. The van der Waals surface area contributed by atoms with Gasteiger partial charge in [0.2, 0.25) is 0 Å². The van der Waals surface area contributed by atoms with E-state index >= 15 is 0 Å². The van der Waals surface area contributed by atoms with Gasteiger partial charge in [-0.25, -0.2) is 0 Å². The van der Waals surface area contributed by atoms with Crippen molar-refractivity contribution < 1.29 is 8.42 Å². The number of hydrogen-bond acceptors (Lipinski definition) is 2. The van der Waals surface area contributed by atoms with Crippen LogP contribution in [-0.4, -0.2) is 25.8 Å². The van der Waals surface area contributed by atoms with Gasteiger partial charge < -0.3 is 0 Å². The molecule has 0 aliphatic heterocycles. The van der Waals surface area contributed by atoms with Crippen molar-refractivity contribution in [3.63, 3.8) is 0 Å². The predicted molar refractivity (Wildman–Crippen MR) is 87.1 cm³/mol. The van der Waals surface area contributed by atoms with Crippen molar-refractivity contribution in [3.8, 4) is 0 Å². The fourth-order valence-corrected chi connectivity index (χ4v) is 3.67. The Hall–Kier alpha value is -1.11. The summed E-state index contributed by atoms with van der Waals surface area (Å²) in [7, 11) is -3.48. The van der Waals surface area contributed by atoms with E-state index in [0.29, 0.717) is 18.8 Å². The molecule has 2 rings (SSSR count). The van der Waals surface area contributed by atoms with Crippen LogP contribution in [0.25, 0.3) is 10.8 Å². The maximum atomic E-state index is 12.2. The Morgan fingerprint density at radius 3 is 2.30 bits per heavy atom. The highest BCUT2D eigenvalue weighted by atomic mass is 79.9. The quantitative estimate of drug-likeness (QED) is 0.889. The minimum atomic E-state index is -3.48. The summed E-state index contributed by atoms with van der Waals surface area (Å²) in [4.78, 5) is 0. The molecule has 0 atom stereocenters. The van der Waals surface area contributed by atoms with E-state index < -0.39 is 10.2 Å². The highest BCUT2D eigenvalue weighted by Gasteiger charge is 2.18. The second kappa shape index (κ2) is 6.11. The highest BCUT2D eigenvalue weighted by Crippen LogP contribution is 2.23. The van der Waals surface area contributed by atoms with Crippen LogP contribution in [-0.2, 0) is 10.2 Å². The molecule has 2 aromatic carbocycles. The van der Waals surface area contributed by atoms with Gasteiger partial charge in [-0.2, -0.15) is 12.7 Å². The summed E-state index contributed by atoms with van der Waals surface area (Å²) < 4.78 is 29.3. The van der Waals surface area contributed by atoms with Crippen LogP contribution in [0.1, 0.15) is 13.8 Å². The molecule has 0 heterocycles. The van der Waals surface area contributed by atoms with Crippen LogP contribution in [0.5, 0.6) is 0 Å². The molecule has 0 aliphatic rings. The van der Waals surface area contributed by atoms with E-state index in [1.165, 1.54) is 4.31 Å². The number of nitrogens with one attached hydrogen (secondary N) is 1. The minimum Gasteiger partial charge on any atom is -0.271 e. The molecule has 0 radical (unpaired) electrons. The molecular weight excluding hydrogens is 340 g/mol. The normalized spacial score (nSPS) is 12.0. The molecule has 1 N–H and O–H groups in total. The van der Waals surface area contributed by atoms with Gasteiger partial charge in [0.15, 0.2) is 0 Å². The summed E-state index contributed by atoms with van der Waals surface area (Å²) in [5, 5.41) is 2.05. The first-order valence-corrected chi connectivity index (χ1v) is 8.66. The molecule has 0 unspecified atom stereocenters. The Kier molecular flexibility index (Phi) is 4.67. The Bertz CT molecular complexity index is 712. The maximum absolute atomic E-state index is 12.2. The largest absolute Gasteiger partial charge is 0.301 e. The van der Waals surface area contributed by atoms with Gasteiger partial charge >= 0.3 is 10.2 Å². The molecule has 108 valence electrons.